The van der Waals surface area contributed by atoms with E-state index in [9.17, 15) is 19.8 Å². The van der Waals surface area contributed by atoms with Gasteiger partial charge in [0.05, 0.1) is 24.3 Å². The molecule has 6 rings (SSSR count). The van der Waals surface area contributed by atoms with Crippen LogP contribution in [0.3, 0.4) is 0 Å². The fourth-order valence-corrected chi connectivity index (χ4v) is 6.63. The summed E-state index contributed by atoms with van der Waals surface area (Å²) in [5.41, 5.74) is 0.534. The summed E-state index contributed by atoms with van der Waals surface area (Å²) >= 11 is 0. The van der Waals surface area contributed by atoms with Crippen LogP contribution in [0.4, 0.5) is 0 Å². The van der Waals surface area contributed by atoms with Crippen LogP contribution >= 0.6 is 0 Å². The first-order valence-corrected chi connectivity index (χ1v) is 14.7. The van der Waals surface area contributed by atoms with E-state index in [2.05, 4.69) is 13.8 Å². The van der Waals surface area contributed by atoms with Crippen LogP contribution in [0.5, 0.6) is 0 Å². The van der Waals surface area contributed by atoms with Crippen LogP contribution in [0.15, 0.2) is 60.7 Å². The molecule has 2 spiro atoms. The Morgan fingerprint density at radius 1 is 0.690 bits per heavy atom. The van der Waals surface area contributed by atoms with Gasteiger partial charge in [0.25, 0.3) is 0 Å². The monoisotopic (exact) mass is 582 g/mol. The van der Waals surface area contributed by atoms with Gasteiger partial charge < -0.3 is 38.6 Å². The number of hydrogen-bond acceptors (Lipinski definition) is 10. The third-order valence-corrected chi connectivity index (χ3v) is 8.86. The Morgan fingerprint density at radius 3 is 1.43 bits per heavy atom. The van der Waals surface area contributed by atoms with Crippen molar-refractivity contribution < 1.29 is 48.2 Å². The molecule has 2 aromatic rings. The normalized spacial score (nSPS) is 39.8. The van der Waals surface area contributed by atoms with E-state index in [0.29, 0.717) is 26.1 Å². The largest absolute Gasteiger partial charge is 0.453 e. The summed E-state index contributed by atoms with van der Waals surface area (Å²) < 4.78 is 38.1. The average Bonchev–Trinajstić information content (AvgIpc) is 2.99. The van der Waals surface area contributed by atoms with Gasteiger partial charge in [0, 0.05) is 12.8 Å². The maximum atomic E-state index is 13.2. The second-order valence-electron chi connectivity index (χ2n) is 12.0. The molecule has 10 heteroatoms. The maximum Gasteiger partial charge on any atom is 0.338 e. The van der Waals surface area contributed by atoms with Crippen LogP contribution < -0.4 is 0 Å². The van der Waals surface area contributed by atoms with Crippen molar-refractivity contribution in [2.45, 2.75) is 87.7 Å². The van der Waals surface area contributed by atoms with E-state index in [0.717, 1.165) is 12.8 Å². The van der Waals surface area contributed by atoms with Crippen LogP contribution in [0.2, 0.25) is 0 Å². The number of hydrogen-bond donors (Lipinski definition) is 2. The first-order valence-electron chi connectivity index (χ1n) is 14.7. The number of esters is 2. The molecule has 3 heterocycles. The number of fused-ring (bicyclic) bond motifs is 2. The summed E-state index contributed by atoms with van der Waals surface area (Å²) in [5, 5.41) is 22.8. The lowest BCUT2D eigenvalue weighted by molar-refractivity contribution is -0.502. The predicted octanol–water partition coefficient (Wildman–Crippen LogP) is 3.24. The molecular weight excluding hydrogens is 544 g/mol. The predicted molar refractivity (Wildman–Crippen MR) is 147 cm³/mol. The first kappa shape index (κ1) is 29.2. The molecule has 4 aliphatic rings. The molecule has 0 amide bonds. The van der Waals surface area contributed by atoms with Gasteiger partial charge in [-0.3, -0.25) is 0 Å². The Kier molecular flexibility index (Phi) is 8.12. The number of ether oxygens (including phenoxy) is 6. The summed E-state index contributed by atoms with van der Waals surface area (Å²) in [7, 11) is 0. The zero-order chi connectivity index (χ0) is 29.5. The van der Waals surface area contributed by atoms with Gasteiger partial charge in [-0.05, 0) is 48.9 Å². The average molecular weight is 583 g/mol. The summed E-state index contributed by atoms with van der Waals surface area (Å²) in [5.74, 6) is -3.74. The molecule has 10 atom stereocenters. The lowest BCUT2D eigenvalue weighted by Crippen LogP contribution is -2.78. The highest BCUT2D eigenvalue weighted by Gasteiger charge is 2.70. The van der Waals surface area contributed by atoms with Gasteiger partial charge in [0.2, 0.25) is 11.6 Å². The minimum Gasteiger partial charge on any atom is -0.453 e. The summed E-state index contributed by atoms with van der Waals surface area (Å²) in [6.45, 7) is 4.98. The lowest BCUT2D eigenvalue weighted by atomic mass is 9.78. The number of carbonyl (C=O) groups is 2. The van der Waals surface area contributed by atoms with Gasteiger partial charge in [-0.15, -0.1) is 0 Å². The van der Waals surface area contributed by atoms with E-state index in [1.54, 1.807) is 60.7 Å². The number of rotatable bonds is 4. The van der Waals surface area contributed by atoms with Crippen molar-refractivity contribution >= 4 is 11.9 Å². The highest BCUT2D eigenvalue weighted by atomic mass is 16.8. The molecule has 3 aliphatic heterocycles. The maximum absolute atomic E-state index is 13.2. The third kappa shape index (κ3) is 5.25. The van der Waals surface area contributed by atoms with Crippen molar-refractivity contribution in [2.24, 2.45) is 11.8 Å². The SMILES string of the molecule is C[C@H]1CCO[C@@]2(C1)O[C@H]1[C@H](O[C@@]23C[C@@H](C)CCO3)[C@@H](OC(=O)c2ccccc2)[C@H](O)[C@@H](O)[C@H]1OC(=O)c1ccccc1. The molecule has 2 aromatic carbocycles. The highest BCUT2D eigenvalue weighted by molar-refractivity contribution is 5.90. The smallest absolute Gasteiger partial charge is 0.338 e. The molecule has 0 aromatic heterocycles. The Morgan fingerprint density at radius 2 is 1.07 bits per heavy atom. The second-order valence-corrected chi connectivity index (χ2v) is 12.0. The van der Waals surface area contributed by atoms with Gasteiger partial charge >= 0.3 is 11.9 Å². The third-order valence-electron chi connectivity index (χ3n) is 8.86. The molecule has 4 fully saturated rings. The molecule has 226 valence electrons. The molecule has 3 saturated heterocycles. The van der Waals surface area contributed by atoms with Crippen molar-refractivity contribution in [3.8, 4) is 0 Å². The van der Waals surface area contributed by atoms with E-state index in [-0.39, 0.29) is 23.0 Å². The fraction of sp³-hybridized carbons (Fsp3) is 0.562. The summed E-state index contributed by atoms with van der Waals surface area (Å²) in [6.07, 6.45) is -5.83. The van der Waals surface area contributed by atoms with Crippen molar-refractivity contribution in [2.75, 3.05) is 13.2 Å². The van der Waals surface area contributed by atoms with Crippen LogP contribution in [0, 0.1) is 11.8 Å². The van der Waals surface area contributed by atoms with E-state index >= 15 is 0 Å². The number of aliphatic hydroxyl groups is 2. The molecule has 42 heavy (non-hydrogen) atoms. The minimum absolute atomic E-state index is 0.202. The molecule has 10 nitrogen and oxygen atoms in total. The quantitative estimate of drug-likeness (QED) is 0.518. The molecule has 1 saturated carbocycles. The number of carbonyl (C=O) groups excluding carboxylic acids is 2. The Balaban J connectivity index is 1.39. The van der Waals surface area contributed by atoms with E-state index < -0.39 is 60.1 Å². The molecule has 0 unspecified atom stereocenters. The molecule has 1 aliphatic carbocycles. The van der Waals surface area contributed by atoms with Gasteiger partial charge in [-0.25, -0.2) is 9.59 Å². The van der Waals surface area contributed by atoms with E-state index in [1.807, 2.05) is 0 Å². The zero-order valence-electron chi connectivity index (χ0n) is 23.8. The Bertz CT molecular complexity index is 1160. The van der Waals surface area contributed by atoms with Crippen LogP contribution in [0.25, 0.3) is 0 Å². The molecular formula is C32H38O10. The van der Waals surface area contributed by atoms with Crippen molar-refractivity contribution in [3.05, 3.63) is 71.8 Å². The van der Waals surface area contributed by atoms with Crippen LogP contribution in [0.1, 0.15) is 60.2 Å². The minimum atomic E-state index is -1.66. The molecule has 0 bridgehead atoms. The highest BCUT2D eigenvalue weighted by Crippen LogP contribution is 2.53. The van der Waals surface area contributed by atoms with Crippen molar-refractivity contribution in [1.29, 1.82) is 0 Å². The van der Waals surface area contributed by atoms with E-state index in [1.165, 1.54) is 0 Å². The fourth-order valence-electron chi connectivity index (χ4n) is 6.63. The lowest BCUT2D eigenvalue weighted by Gasteiger charge is -2.62. The van der Waals surface area contributed by atoms with Gasteiger partial charge in [-0.2, -0.15) is 0 Å². The first-order chi connectivity index (χ1) is 20.2. The summed E-state index contributed by atoms with van der Waals surface area (Å²) in [6, 6.07) is 16.7. The number of benzene rings is 2. The van der Waals surface area contributed by atoms with Gasteiger partial charge in [-0.1, -0.05) is 50.2 Å². The van der Waals surface area contributed by atoms with Gasteiger partial charge in [0.15, 0.2) is 12.2 Å². The van der Waals surface area contributed by atoms with Crippen LogP contribution in [-0.2, 0) is 28.4 Å². The standard InChI is InChI=1S/C32H38O10/c1-19-13-15-37-31(17-19)32(18-20(2)14-16-38-32)42-28-26(40-30(36)22-11-7-4-8-12-22)24(34)23(33)25(27(28)41-31)39-29(35)21-9-5-3-6-10-21/h3-12,19-20,23-28,33-34H,13-18H2,1-2H3/t19-,20-,23+,24+,25-,26+,27+,28+,31-,32-/m0/s1. The molecule has 2 N–H and O–H groups in total. The van der Waals surface area contributed by atoms with Crippen LogP contribution in [-0.4, -0.2) is 83.6 Å². The summed E-state index contributed by atoms with van der Waals surface area (Å²) in [4.78, 5) is 26.4. The number of aliphatic hydroxyl groups excluding tert-OH is 2. The van der Waals surface area contributed by atoms with Gasteiger partial charge in [0.1, 0.15) is 24.4 Å². The Labute approximate surface area is 244 Å². The zero-order valence-corrected chi connectivity index (χ0v) is 23.8. The van der Waals surface area contributed by atoms with Crippen molar-refractivity contribution in [1.82, 2.24) is 0 Å². The van der Waals surface area contributed by atoms with Crippen molar-refractivity contribution in [3.63, 3.8) is 0 Å². The molecule has 0 radical (unpaired) electrons. The van der Waals surface area contributed by atoms with E-state index in [4.69, 9.17) is 28.4 Å². The second kappa shape index (κ2) is 11.7. The topological polar surface area (TPSA) is 130 Å². The Hall–Kier alpha value is -2.86.